The molecule has 0 aliphatic rings. The third-order valence-electron chi connectivity index (χ3n) is 2.96. The normalized spacial score (nSPS) is 12.6. The Morgan fingerprint density at radius 1 is 1.41 bits per heavy atom. The third kappa shape index (κ3) is 5.48. The highest BCUT2D eigenvalue weighted by Gasteiger charge is 2.09. The van der Waals surface area contributed by atoms with E-state index in [1.54, 1.807) is 12.4 Å². The van der Waals surface area contributed by atoms with Gasteiger partial charge in [-0.2, -0.15) is 0 Å². The van der Waals surface area contributed by atoms with Gasteiger partial charge in [-0.3, -0.25) is 16.3 Å². The number of hydrazine groups is 1. The largest absolute Gasteiger partial charge is 0.271 e. The Hall–Kier alpha value is -0.640. The van der Waals surface area contributed by atoms with E-state index in [0.29, 0.717) is 6.04 Å². The number of pyridine rings is 1. The van der Waals surface area contributed by atoms with Crippen LogP contribution in [0.5, 0.6) is 0 Å². The van der Waals surface area contributed by atoms with Gasteiger partial charge in [0.05, 0.1) is 5.02 Å². The molecule has 1 aromatic rings. The first-order valence-corrected chi connectivity index (χ1v) is 6.70. The maximum absolute atomic E-state index is 6.08. The molecule has 1 atom stereocenters. The zero-order valence-electron chi connectivity index (χ0n) is 10.5. The number of rotatable bonds is 8. The van der Waals surface area contributed by atoms with Crippen molar-refractivity contribution in [2.24, 2.45) is 5.84 Å². The number of aromatic nitrogens is 1. The second kappa shape index (κ2) is 8.45. The zero-order valence-corrected chi connectivity index (χ0v) is 11.2. The van der Waals surface area contributed by atoms with E-state index in [1.165, 1.54) is 25.7 Å². The van der Waals surface area contributed by atoms with Crippen molar-refractivity contribution < 1.29 is 0 Å². The molecule has 0 bridgehead atoms. The maximum Gasteiger partial charge on any atom is 0.0621 e. The first kappa shape index (κ1) is 14.4. The molecule has 4 heteroatoms. The minimum Gasteiger partial charge on any atom is -0.271 e. The molecule has 3 N–H and O–H groups in total. The van der Waals surface area contributed by atoms with Gasteiger partial charge in [0.15, 0.2) is 0 Å². The lowest BCUT2D eigenvalue weighted by molar-refractivity contribution is 0.463. The molecular weight excluding hydrogens is 234 g/mol. The number of nitrogens with two attached hydrogens (primary N) is 1. The lowest BCUT2D eigenvalue weighted by atomic mass is 10.0. The Morgan fingerprint density at radius 3 is 2.88 bits per heavy atom. The van der Waals surface area contributed by atoms with Gasteiger partial charge in [0, 0.05) is 18.4 Å². The molecule has 1 rings (SSSR count). The van der Waals surface area contributed by atoms with E-state index in [9.17, 15) is 0 Å². The number of unbranched alkanes of at least 4 members (excludes halogenated alkanes) is 3. The van der Waals surface area contributed by atoms with Gasteiger partial charge in [0.2, 0.25) is 0 Å². The van der Waals surface area contributed by atoms with Gasteiger partial charge in [0.25, 0.3) is 0 Å². The molecule has 0 amide bonds. The molecule has 0 aliphatic carbocycles. The van der Waals surface area contributed by atoms with Crippen LogP contribution in [0.1, 0.15) is 44.6 Å². The predicted octanol–water partition coefficient (Wildman–Crippen LogP) is 3.08. The van der Waals surface area contributed by atoms with Crippen LogP contribution in [0.25, 0.3) is 0 Å². The van der Waals surface area contributed by atoms with Crippen molar-refractivity contribution in [3.8, 4) is 0 Å². The molecule has 1 aromatic heterocycles. The molecule has 0 aromatic carbocycles. The summed E-state index contributed by atoms with van der Waals surface area (Å²) >= 11 is 6.08. The van der Waals surface area contributed by atoms with E-state index in [1.807, 2.05) is 6.07 Å². The number of nitrogens with one attached hydrogen (secondary N) is 1. The van der Waals surface area contributed by atoms with Crippen LogP contribution >= 0.6 is 11.6 Å². The zero-order chi connectivity index (χ0) is 12.5. The fourth-order valence-corrected chi connectivity index (χ4v) is 2.09. The molecule has 0 fully saturated rings. The van der Waals surface area contributed by atoms with Crippen molar-refractivity contribution >= 4 is 11.6 Å². The van der Waals surface area contributed by atoms with Crippen molar-refractivity contribution in [2.45, 2.75) is 51.5 Å². The minimum atomic E-state index is 0.298. The summed E-state index contributed by atoms with van der Waals surface area (Å²) in [4.78, 5) is 3.98. The number of halogens is 1. The highest BCUT2D eigenvalue weighted by Crippen LogP contribution is 2.17. The second-order valence-corrected chi connectivity index (χ2v) is 4.79. The Bertz CT molecular complexity index is 317. The fourth-order valence-electron chi connectivity index (χ4n) is 1.90. The first-order chi connectivity index (χ1) is 8.27. The van der Waals surface area contributed by atoms with Crippen LogP contribution in [0.2, 0.25) is 5.02 Å². The van der Waals surface area contributed by atoms with Gasteiger partial charge in [0.1, 0.15) is 0 Å². The van der Waals surface area contributed by atoms with Crippen molar-refractivity contribution in [3.63, 3.8) is 0 Å². The lowest BCUT2D eigenvalue weighted by Gasteiger charge is -2.16. The molecular formula is C13H22ClN3. The van der Waals surface area contributed by atoms with E-state index in [2.05, 4.69) is 17.3 Å². The lowest BCUT2D eigenvalue weighted by Crippen LogP contribution is -2.36. The van der Waals surface area contributed by atoms with Crippen LogP contribution < -0.4 is 11.3 Å². The van der Waals surface area contributed by atoms with Crippen LogP contribution in [0, 0.1) is 0 Å². The van der Waals surface area contributed by atoms with Crippen molar-refractivity contribution in [2.75, 3.05) is 0 Å². The summed E-state index contributed by atoms with van der Waals surface area (Å²) in [7, 11) is 0. The standard InChI is InChI=1S/C13H22ClN3/c1-2-3-4-5-6-12(17-15)9-11-7-8-16-10-13(11)14/h7-8,10,12,17H,2-6,9,15H2,1H3. The highest BCUT2D eigenvalue weighted by molar-refractivity contribution is 6.31. The smallest absolute Gasteiger partial charge is 0.0621 e. The summed E-state index contributed by atoms with van der Waals surface area (Å²) in [6.07, 6.45) is 10.5. The number of hydrogen-bond donors (Lipinski definition) is 2. The molecule has 1 heterocycles. The monoisotopic (exact) mass is 255 g/mol. The van der Waals surface area contributed by atoms with Gasteiger partial charge in [-0.25, -0.2) is 0 Å². The summed E-state index contributed by atoms with van der Waals surface area (Å²) in [6, 6.07) is 2.25. The Balaban J connectivity index is 2.38. The van der Waals surface area contributed by atoms with E-state index < -0.39 is 0 Å². The SMILES string of the molecule is CCCCCCC(Cc1ccncc1Cl)NN. The van der Waals surface area contributed by atoms with E-state index >= 15 is 0 Å². The third-order valence-corrected chi connectivity index (χ3v) is 3.30. The summed E-state index contributed by atoms with van der Waals surface area (Å²) < 4.78 is 0. The Morgan fingerprint density at radius 2 is 2.24 bits per heavy atom. The highest BCUT2D eigenvalue weighted by atomic mass is 35.5. The van der Waals surface area contributed by atoms with Crippen LogP contribution in [0.4, 0.5) is 0 Å². The minimum absolute atomic E-state index is 0.298. The fraction of sp³-hybridized carbons (Fsp3) is 0.615. The van der Waals surface area contributed by atoms with E-state index in [0.717, 1.165) is 23.4 Å². The molecule has 1 unspecified atom stereocenters. The number of hydrogen-bond acceptors (Lipinski definition) is 3. The summed E-state index contributed by atoms with van der Waals surface area (Å²) in [5, 5.41) is 0.723. The quantitative estimate of drug-likeness (QED) is 0.426. The van der Waals surface area contributed by atoms with E-state index in [4.69, 9.17) is 17.4 Å². The molecule has 0 saturated heterocycles. The Kier molecular flexibility index (Phi) is 7.17. The predicted molar refractivity (Wildman–Crippen MR) is 72.8 cm³/mol. The maximum atomic E-state index is 6.08. The van der Waals surface area contributed by atoms with Crippen LogP contribution in [0.3, 0.4) is 0 Å². The van der Waals surface area contributed by atoms with Gasteiger partial charge in [-0.05, 0) is 24.5 Å². The van der Waals surface area contributed by atoms with Crippen molar-refractivity contribution in [1.29, 1.82) is 0 Å². The second-order valence-electron chi connectivity index (χ2n) is 4.38. The summed E-state index contributed by atoms with van der Waals surface area (Å²) in [6.45, 7) is 2.22. The van der Waals surface area contributed by atoms with Gasteiger partial charge < -0.3 is 0 Å². The topological polar surface area (TPSA) is 50.9 Å². The average molecular weight is 256 g/mol. The molecule has 96 valence electrons. The number of nitrogens with zero attached hydrogens (tertiary/aromatic N) is 1. The van der Waals surface area contributed by atoms with Crippen molar-refractivity contribution in [1.82, 2.24) is 10.4 Å². The van der Waals surface area contributed by atoms with Gasteiger partial charge in [-0.1, -0.05) is 44.2 Å². The molecule has 0 aliphatic heterocycles. The summed E-state index contributed by atoms with van der Waals surface area (Å²) in [5.74, 6) is 5.58. The first-order valence-electron chi connectivity index (χ1n) is 6.32. The molecule has 3 nitrogen and oxygen atoms in total. The van der Waals surface area contributed by atoms with Crippen molar-refractivity contribution in [3.05, 3.63) is 29.0 Å². The van der Waals surface area contributed by atoms with Crippen LogP contribution in [0.15, 0.2) is 18.5 Å². The average Bonchev–Trinajstić information content (AvgIpc) is 2.35. The molecule has 0 spiro atoms. The molecule has 17 heavy (non-hydrogen) atoms. The van der Waals surface area contributed by atoms with Gasteiger partial charge >= 0.3 is 0 Å². The van der Waals surface area contributed by atoms with Gasteiger partial charge in [-0.15, -0.1) is 0 Å². The molecule has 0 saturated carbocycles. The Labute approximate surface area is 109 Å². The summed E-state index contributed by atoms with van der Waals surface area (Å²) in [5.41, 5.74) is 3.99. The van der Waals surface area contributed by atoms with Crippen LogP contribution in [-0.4, -0.2) is 11.0 Å². The van der Waals surface area contributed by atoms with Crippen LogP contribution in [-0.2, 0) is 6.42 Å². The molecule has 0 radical (unpaired) electrons. The van der Waals surface area contributed by atoms with E-state index in [-0.39, 0.29) is 0 Å².